The molecule has 0 aliphatic heterocycles. The fraction of sp³-hybridized carbons (Fsp3) is 0.364. The predicted molar refractivity (Wildman–Crippen MR) is 71.2 cm³/mol. The lowest BCUT2D eigenvalue weighted by Gasteiger charge is -2.01. The molecule has 0 atom stereocenters. The van der Waals surface area contributed by atoms with Crippen molar-refractivity contribution in [3.8, 4) is 0 Å². The van der Waals surface area contributed by atoms with Crippen molar-refractivity contribution in [2.75, 3.05) is 0 Å². The summed E-state index contributed by atoms with van der Waals surface area (Å²) in [6.45, 7) is 0. The largest absolute Gasteiger partial charge is 0.262 e. The zero-order chi connectivity index (χ0) is 13.5. The van der Waals surface area contributed by atoms with Crippen molar-refractivity contribution in [1.82, 2.24) is 20.2 Å². The van der Waals surface area contributed by atoms with E-state index in [1.54, 1.807) is 6.07 Å². The predicted octanol–water partition coefficient (Wildman–Crippen LogP) is 1.81. The Labute approximate surface area is 118 Å². The summed E-state index contributed by atoms with van der Waals surface area (Å²) in [6, 6.07) is 3.12. The van der Waals surface area contributed by atoms with E-state index in [0.29, 0.717) is 17.6 Å². The van der Waals surface area contributed by atoms with Crippen LogP contribution in [0.1, 0.15) is 30.4 Å². The molecule has 3 rings (SSSR count). The molecular weight excluding hydrogens is 332 g/mol. The normalized spacial score (nSPS) is 15.6. The topological polar surface area (TPSA) is 88.6 Å². The molecule has 0 unspecified atom stereocenters. The molecule has 0 bridgehead atoms. The fourth-order valence-corrected chi connectivity index (χ4v) is 3.06. The van der Waals surface area contributed by atoms with Crippen LogP contribution in [0.3, 0.4) is 0 Å². The molecule has 0 amide bonds. The first-order valence-corrected chi connectivity index (χ1v) is 8.24. The highest BCUT2D eigenvalue weighted by Gasteiger charge is 2.28. The monoisotopic (exact) mass is 342 g/mol. The summed E-state index contributed by atoms with van der Waals surface area (Å²) in [5, 5.41) is 6.77. The van der Waals surface area contributed by atoms with Crippen LogP contribution in [0.2, 0.25) is 0 Å². The third kappa shape index (κ3) is 2.84. The summed E-state index contributed by atoms with van der Waals surface area (Å²) in [4.78, 5) is 8.12. The van der Waals surface area contributed by atoms with Crippen molar-refractivity contribution in [1.29, 1.82) is 0 Å². The molecule has 6 nitrogen and oxygen atoms in total. The fourth-order valence-electron chi connectivity index (χ4n) is 1.70. The Hall–Kier alpha value is -1.28. The molecule has 2 aromatic rings. The van der Waals surface area contributed by atoms with Gasteiger partial charge in [-0.1, -0.05) is 0 Å². The maximum Gasteiger partial charge on any atom is 0.202 e. The molecule has 0 aromatic carbocycles. The Morgan fingerprint density at radius 3 is 2.79 bits per heavy atom. The summed E-state index contributed by atoms with van der Waals surface area (Å²) >= 11 is 3.22. The van der Waals surface area contributed by atoms with Crippen LogP contribution < -0.4 is 0 Å². The molecule has 100 valence electrons. The number of H-pyrrole nitrogens is 1. The summed E-state index contributed by atoms with van der Waals surface area (Å²) in [7, 11) is -3.49. The maximum atomic E-state index is 12.1. The second-order valence-corrected chi connectivity index (χ2v) is 7.34. The van der Waals surface area contributed by atoms with E-state index in [4.69, 9.17) is 0 Å². The van der Waals surface area contributed by atoms with Gasteiger partial charge in [0.1, 0.15) is 11.6 Å². The molecule has 0 saturated heterocycles. The molecule has 2 heterocycles. The van der Waals surface area contributed by atoms with E-state index in [1.807, 2.05) is 0 Å². The smallest absolute Gasteiger partial charge is 0.202 e. The molecule has 1 fully saturated rings. The number of rotatable bonds is 4. The van der Waals surface area contributed by atoms with Gasteiger partial charge in [-0.15, -0.1) is 0 Å². The zero-order valence-electron chi connectivity index (χ0n) is 9.88. The van der Waals surface area contributed by atoms with E-state index in [1.165, 1.54) is 12.3 Å². The Morgan fingerprint density at radius 1 is 1.37 bits per heavy atom. The number of aromatic nitrogens is 4. The summed E-state index contributed by atoms with van der Waals surface area (Å²) < 4.78 is 25.0. The molecule has 1 N–H and O–H groups in total. The number of aromatic amines is 1. The molecule has 8 heteroatoms. The van der Waals surface area contributed by atoms with Gasteiger partial charge in [0.05, 0.1) is 0 Å². The van der Waals surface area contributed by atoms with E-state index in [9.17, 15) is 8.42 Å². The van der Waals surface area contributed by atoms with Crippen LogP contribution >= 0.6 is 15.9 Å². The van der Waals surface area contributed by atoms with Crippen molar-refractivity contribution < 1.29 is 8.42 Å². The lowest BCUT2D eigenvalue weighted by molar-refractivity contribution is 0.590. The van der Waals surface area contributed by atoms with Crippen LogP contribution in [0.5, 0.6) is 0 Å². The Bertz CT molecular complexity index is 692. The minimum Gasteiger partial charge on any atom is -0.262 e. The second-order valence-electron chi connectivity index (χ2n) is 4.49. The van der Waals surface area contributed by atoms with Crippen molar-refractivity contribution in [3.63, 3.8) is 0 Å². The van der Waals surface area contributed by atoms with Gasteiger partial charge in [0, 0.05) is 16.6 Å². The van der Waals surface area contributed by atoms with Crippen molar-refractivity contribution in [3.05, 3.63) is 34.5 Å². The molecule has 1 aliphatic carbocycles. The van der Waals surface area contributed by atoms with E-state index in [2.05, 4.69) is 36.1 Å². The lowest BCUT2D eigenvalue weighted by atomic mass is 10.4. The standard InChI is InChI=1S/C11H11BrN4O2S/c12-8-3-4-10(13-5-8)19(17,18)6-9-14-11(16-15-9)7-1-2-7/h3-5,7H,1-2,6H2,(H,14,15,16). The molecule has 0 radical (unpaired) electrons. The number of sulfone groups is 1. The van der Waals surface area contributed by atoms with Crippen LogP contribution in [0, 0.1) is 0 Å². The third-order valence-electron chi connectivity index (χ3n) is 2.84. The van der Waals surface area contributed by atoms with E-state index >= 15 is 0 Å². The van der Waals surface area contributed by atoms with E-state index in [-0.39, 0.29) is 10.8 Å². The minimum absolute atomic E-state index is 0.0417. The van der Waals surface area contributed by atoms with Crippen LogP contribution in [0.25, 0.3) is 0 Å². The number of pyridine rings is 1. The average molecular weight is 343 g/mol. The molecule has 19 heavy (non-hydrogen) atoms. The van der Waals surface area contributed by atoms with Gasteiger partial charge in [-0.25, -0.2) is 18.4 Å². The van der Waals surface area contributed by atoms with Crippen LogP contribution in [-0.2, 0) is 15.6 Å². The summed E-state index contributed by atoms with van der Waals surface area (Å²) in [5.74, 6) is 1.28. The van der Waals surface area contributed by atoms with E-state index in [0.717, 1.165) is 17.3 Å². The third-order valence-corrected chi connectivity index (χ3v) is 4.84. The highest BCUT2D eigenvalue weighted by molar-refractivity contribution is 9.10. The van der Waals surface area contributed by atoms with E-state index < -0.39 is 9.84 Å². The number of nitrogens with zero attached hydrogens (tertiary/aromatic N) is 3. The van der Waals surface area contributed by atoms with Gasteiger partial charge < -0.3 is 0 Å². The molecule has 2 aromatic heterocycles. The van der Waals surface area contributed by atoms with Gasteiger partial charge in [0.2, 0.25) is 9.84 Å². The Kier molecular flexibility index (Phi) is 3.14. The Morgan fingerprint density at radius 2 is 2.16 bits per heavy atom. The SMILES string of the molecule is O=S(=O)(Cc1nc(C2CC2)n[nH]1)c1ccc(Br)cn1. The first-order chi connectivity index (χ1) is 9.04. The number of halogens is 1. The second kappa shape index (κ2) is 4.68. The van der Waals surface area contributed by atoms with Gasteiger partial charge in [-0.2, -0.15) is 5.10 Å². The molecule has 0 spiro atoms. The van der Waals surface area contributed by atoms with Crippen molar-refractivity contribution >= 4 is 25.8 Å². The van der Waals surface area contributed by atoms with Gasteiger partial charge in [0.25, 0.3) is 0 Å². The number of hydrogen-bond donors (Lipinski definition) is 1. The number of nitrogens with one attached hydrogen (secondary N) is 1. The Balaban J connectivity index is 1.81. The first kappa shape index (κ1) is 12.7. The van der Waals surface area contributed by atoms with Crippen LogP contribution in [0.4, 0.5) is 0 Å². The van der Waals surface area contributed by atoms with Crippen LogP contribution in [-0.4, -0.2) is 28.6 Å². The molecular formula is C11H11BrN4O2S. The first-order valence-electron chi connectivity index (χ1n) is 5.80. The molecule has 1 aliphatic rings. The van der Waals surface area contributed by atoms with Gasteiger partial charge in [-0.3, -0.25) is 5.10 Å². The average Bonchev–Trinajstić information content (AvgIpc) is 3.11. The quantitative estimate of drug-likeness (QED) is 0.915. The maximum absolute atomic E-state index is 12.1. The number of hydrogen-bond acceptors (Lipinski definition) is 5. The highest BCUT2D eigenvalue weighted by atomic mass is 79.9. The van der Waals surface area contributed by atoms with Gasteiger partial charge in [-0.05, 0) is 40.9 Å². The summed E-state index contributed by atoms with van der Waals surface area (Å²) in [5.41, 5.74) is 0. The van der Waals surface area contributed by atoms with Crippen molar-refractivity contribution in [2.45, 2.75) is 29.5 Å². The minimum atomic E-state index is -3.49. The summed E-state index contributed by atoms with van der Waals surface area (Å²) in [6.07, 6.45) is 3.62. The lowest BCUT2D eigenvalue weighted by Crippen LogP contribution is -2.08. The van der Waals surface area contributed by atoms with Gasteiger partial charge >= 0.3 is 0 Å². The van der Waals surface area contributed by atoms with Gasteiger partial charge in [0.15, 0.2) is 10.9 Å². The zero-order valence-corrected chi connectivity index (χ0v) is 12.3. The van der Waals surface area contributed by atoms with Crippen molar-refractivity contribution in [2.24, 2.45) is 0 Å². The highest BCUT2D eigenvalue weighted by Crippen LogP contribution is 2.37. The van der Waals surface area contributed by atoms with Crippen LogP contribution in [0.15, 0.2) is 27.8 Å². The molecule has 1 saturated carbocycles.